The Morgan fingerprint density at radius 1 is 1.22 bits per heavy atom. The fourth-order valence-corrected chi connectivity index (χ4v) is 3.24. The van der Waals surface area contributed by atoms with Crippen LogP contribution < -0.4 is 15.4 Å². The van der Waals surface area contributed by atoms with Crippen molar-refractivity contribution in [3.8, 4) is 5.75 Å². The van der Waals surface area contributed by atoms with Crippen LogP contribution in [0.25, 0.3) is 0 Å². The average Bonchev–Trinajstić information content (AvgIpc) is 2.70. The van der Waals surface area contributed by atoms with Gasteiger partial charge < -0.3 is 25.0 Å². The lowest BCUT2D eigenvalue weighted by molar-refractivity contribution is 0.119. The van der Waals surface area contributed by atoms with Crippen LogP contribution in [0.2, 0.25) is 0 Å². The molecule has 1 heterocycles. The van der Waals surface area contributed by atoms with Gasteiger partial charge in [-0.3, -0.25) is 4.99 Å². The first-order valence-electron chi connectivity index (χ1n) is 10.0. The van der Waals surface area contributed by atoms with Crippen LogP contribution in [-0.2, 0) is 11.3 Å². The molecule has 0 aliphatic carbocycles. The second-order valence-corrected chi connectivity index (χ2v) is 7.30. The van der Waals surface area contributed by atoms with Crippen molar-refractivity contribution in [1.29, 1.82) is 0 Å². The van der Waals surface area contributed by atoms with Gasteiger partial charge in [0.1, 0.15) is 5.75 Å². The second kappa shape index (κ2) is 11.8. The van der Waals surface area contributed by atoms with Gasteiger partial charge in [0, 0.05) is 45.4 Å². The maximum absolute atomic E-state index is 5.75. The monoisotopic (exact) mass is 376 g/mol. The molecular formula is C21H36N4O2. The zero-order chi connectivity index (χ0) is 19.5. The summed E-state index contributed by atoms with van der Waals surface area (Å²) in [5, 5.41) is 6.95. The van der Waals surface area contributed by atoms with Gasteiger partial charge in [-0.2, -0.15) is 0 Å². The van der Waals surface area contributed by atoms with Gasteiger partial charge >= 0.3 is 0 Å². The van der Waals surface area contributed by atoms with Gasteiger partial charge in [0.25, 0.3) is 0 Å². The lowest BCUT2D eigenvalue weighted by Gasteiger charge is -2.35. The highest BCUT2D eigenvalue weighted by atomic mass is 16.5. The Labute approximate surface area is 164 Å². The van der Waals surface area contributed by atoms with Gasteiger partial charge in [-0.05, 0) is 50.8 Å². The van der Waals surface area contributed by atoms with E-state index in [0.29, 0.717) is 18.7 Å². The van der Waals surface area contributed by atoms with E-state index >= 15 is 0 Å². The van der Waals surface area contributed by atoms with Gasteiger partial charge in [-0.1, -0.05) is 12.1 Å². The number of methoxy groups -OCH3 is 1. The number of hydrogen-bond donors (Lipinski definition) is 2. The molecule has 0 aromatic heterocycles. The zero-order valence-corrected chi connectivity index (χ0v) is 17.3. The van der Waals surface area contributed by atoms with E-state index in [1.807, 2.05) is 31.3 Å². The van der Waals surface area contributed by atoms with Crippen LogP contribution in [-0.4, -0.2) is 63.3 Å². The summed E-state index contributed by atoms with van der Waals surface area (Å²) in [4.78, 5) is 6.88. The fourth-order valence-electron chi connectivity index (χ4n) is 3.24. The number of benzene rings is 1. The van der Waals surface area contributed by atoms with Crippen LogP contribution in [0.3, 0.4) is 0 Å². The molecule has 6 heteroatoms. The lowest BCUT2D eigenvalue weighted by Crippen LogP contribution is -2.50. The molecule has 0 atom stereocenters. The summed E-state index contributed by atoms with van der Waals surface area (Å²) >= 11 is 0. The predicted octanol–water partition coefficient (Wildman–Crippen LogP) is 2.64. The van der Waals surface area contributed by atoms with Crippen molar-refractivity contribution in [1.82, 2.24) is 15.5 Å². The van der Waals surface area contributed by atoms with E-state index in [0.717, 1.165) is 49.9 Å². The molecule has 6 nitrogen and oxygen atoms in total. The summed E-state index contributed by atoms with van der Waals surface area (Å²) in [5.41, 5.74) is 1.16. The van der Waals surface area contributed by atoms with E-state index in [4.69, 9.17) is 9.47 Å². The molecular weight excluding hydrogens is 340 g/mol. The fraction of sp³-hybridized carbons (Fsp3) is 0.667. The number of nitrogens with one attached hydrogen (secondary N) is 2. The van der Waals surface area contributed by atoms with E-state index < -0.39 is 0 Å². The van der Waals surface area contributed by atoms with Crippen molar-refractivity contribution in [3.05, 3.63) is 29.8 Å². The number of ether oxygens (including phenoxy) is 2. The Kier molecular flexibility index (Phi) is 9.42. The lowest BCUT2D eigenvalue weighted by atomic mass is 10.0. The smallest absolute Gasteiger partial charge is 0.191 e. The van der Waals surface area contributed by atoms with Gasteiger partial charge in [0.15, 0.2) is 5.96 Å². The molecule has 1 aromatic rings. The van der Waals surface area contributed by atoms with Crippen molar-refractivity contribution in [2.75, 3.05) is 40.4 Å². The molecule has 0 bridgehead atoms. The van der Waals surface area contributed by atoms with E-state index in [1.54, 1.807) is 7.11 Å². The number of nitrogens with zero attached hydrogens (tertiary/aromatic N) is 2. The molecule has 1 aliphatic heterocycles. The van der Waals surface area contributed by atoms with Gasteiger partial charge in [0.2, 0.25) is 0 Å². The average molecular weight is 377 g/mol. The second-order valence-electron chi connectivity index (χ2n) is 7.30. The summed E-state index contributed by atoms with van der Waals surface area (Å²) in [6, 6.07) is 9.14. The van der Waals surface area contributed by atoms with Crippen molar-refractivity contribution in [2.24, 2.45) is 4.99 Å². The number of hydrogen-bond acceptors (Lipinski definition) is 4. The number of guanidine groups is 1. The molecule has 0 amide bonds. The van der Waals surface area contributed by atoms with Crippen molar-refractivity contribution in [3.63, 3.8) is 0 Å². The molecule has 0 saturated carbocycles. The molecule has 1 saturated heterocycles. The van der Waals surface area contributed by atoms with E-state index in [1.165, 1.54) is 12.8 Å². The largest absolute Gasteiger partial charge is 0.497 e. The Hall–Kier alpha value is -1.79. The van der Waals surface area contributed by atoms with Gasteiger partial charge in [-0.25, -0.2) is 0 Å². The molecule has 0 spiro atoms. The minimum Gasteiger partial charge on any atom is -0.497 e. The van der Waals surface area contributed by atoms with E-state index in [2.05, 4.69) is 34.4 Å². The standard InChI is InChI=1S/C21H36N4O2/c1-17(2)25-13-10-19(11-14-25)24-21(22-3)23-12-5-15-27-16-18-6-8-20(26-4)9-7-18/h6-9,17,19H,5,10-16H2,1-4H3,(H2,22,23,24). The first-order chi connectivity index (χ1) is 13.1. The third-order valence-corrected chi connectivity index (χ3v) is 5.01. The van der Waals surface area contributed by atoms with Crippen LogP contribution in [0.1, 0.15) is 38.7 Å². The molecule has 1 aliphatic rings. The van der Waals surface area contributed by atoms with Crippen molar-refractivity contribution >= 4 is 5.96 Å². The third-order valence-electron chi connectivity index (χ3n) is 5.01. The van der Waals surface area contributed by atoms with E-state index in [-0.39, 0.29) is 0 Å². The molecule has 2 N–H and O–H groups in total. The summed E-state index contributed by atoms with van der Waals surface area (Å²) in [5.74, 6) is 1.77. The summed E-state index contributed by atoms with van der Waals surface area (Å²) in [6.45, 7) is 9.06. The zero-order valence-electron chi connectivity index (χ0n) is 17.3. The number of rotatable bonds is 9. The van der Waals surface area contributed by atoms with E-state index in [9.17, 15) is 0 Å². The molecule has 1 aromatic carbocycles. The van der Waals surface area contributed by atoms with Crippen LogP contribution in [0.4, 0.5) is 0 Å². The molecule has 2 rings (SSSR count). The maximum atomic E-state index is 5.75. The Balaban J connectivity index is 1.55. The summed E-state index contributed by atoms with van der Waals surface area (Å²) in [7, 11) is 3.51. The first kappa shape index (κ1) is 21.5. The maximum Gasteiger partial charge on any atom is 0.191 e. The van der Waals surface area contributed by atoms with Gasteiger partial charge in [-0.15, -0.1) is 0 Å². The highest BCUT2D eigenvalue weighted by molar-refractivity contribution is 5.79. The topological polar surface area (TPSA) is 58.1 Å². The van der Waals surface area contributed by atoms with Crippen molar-refractivity contribution in [2.45, 2.75) is 51.8 Å². The minimum atomic E-state index is 0.512. The van der Waals surface area contributed by atoms with Crippen LogP contribution in [0.15, 0.2) is 29.3 Å². The Morgan fingerprint density at radius 3 is 2.52 bits per heavy atom. The number of likely N-dealkylation sites (tertiary alicyclic amines) is 1. The Bertz CT molecular complexity index is 552. The van der Waals surface area contributed by atoms with Crippen molar-refractivity contribution < 1.29 is 9.47 Å². The molecule has 0 unspecified atom stereocenters. The van der Waals surface area contributed by atoms with Crippen LogP contribution in [0, 0.1) is 0 Å². The SMILES string of the molecule is CN=C(NCCCOCc1ccc(OC)cc1)NC1CCN(C(C)C)CC1. The number of aliphatic imine (C=N–C) groups is 1. The minimum absolute atomic E-state index is 0.512. The normalized spacial score (nSPS) is 16.6. The summed E-state index contributed by atoms with van der Waals surface area (Å²) in [6.07, 6.45) is 3.29. The quantitative estimate of drug-likeness (QED) is 0.394. The first-order valence-corrected chi connectivity index (χ1v) is 10.0. The molecule has 27 heavy (non-hydrogen) atoms. The molecule has 0 radical (unpaired) electrons. The predicted molar refractivity (Wildman–Crippen MR) is 111 cm³/mol. The van der Waals surface area contributed by atoms with Crippen LogP contribution in [0.5, 0.6) is 5.75 Å². The number of piperidine rings is 1. The van der Waals surface area contributed by atoms with Crippen LogP contribution >= 0.6 is 0 Å². The summed E-state index contributed by atoms with van der Waals surface area (Å²) < 4.78 is 10.9. The molecule has 1 fully saturated rings. The third kappa shape index (κ3) is 7.77. The molecule has 152 valence electrons. The van der Waals surface area contributed by atoms with Gasteiger partial charge in [0.05, 0.1) is 13.7 Å². The highest BCUT2D eigenvalue weighted by Crippen LogP contribution is 2.13. The highest BCUT2D eigenvalue weighted by Gasteiger charge is 2.21. The Morgan fingerprint density at radius 2 is 1.93 bits per heavy atom.